The van der Waals surface area contributed by atoms with E-state index in [9.17, 15) is 5.11 Å². The van der Waals surface area contributed by atoms with Gasteiger partial charge in [0.25, 0.3) is 0 Å². The first kappa shape index (κ1) is 13.2. The topological polar surface area (TPSA) is 38.7 Å². The Morgan fingerprint density at radius 1 is 1.50 bits per heavy atom. The van der Waals surface area contributed by atoms with Gasteiger partial charge in [0.2, 0.25) is 0 Å². The predicted molar refractivity (Wildman–Crippen MR) is 71.1 cm³/mol. The Morgan fingerprint density at radius 3 is 2.83 bits per heavy atom. The van der Waals surface area contributed by atoms with E-state index in [-0.39, 0.29) is 5.60 Å². The van der Waals surface area contributed by atoms with E-state index in [1.165, 1.54) is 0 Å². The summed E-state index contributed by atoms with van der Waals surface area (Å²) in [6.45, 7) is 6.42. The molecule has 0 amide bonds. The SMILES string of the molecule is COc1ccc2c(c1)C(O)CC(C)(CC(C)C)O2. The fraction of sp³-hybridized carbons (Fsp3) is 0.600. The predicted octanol–water partition coefficient (Wildman–Crippen LogP) is 3.32. The highest BCUT2D eigenvalue weighted by molar-refractivity contribution is 5.43. The lowest BCUT2D eigenvalue weighted by molar-refractivity contribution is -0.0145. The Morgan fingerprint density at radius 2 is 2.22 bits per heavy atom. The molecule has 3 heteroatoms. The quantitative estimate of drug-likeness (QED) is 0.894. The fourth-order valence-electron chi connectivity index (χ4n) is 2.82. The molecule has 1 aliphatic heterocycles. The number of fused-ring (bicyclic) bond motifs is 1. The van der Waals surface area contributed by atoms with Gasteiger partial charge in [0.15, 0.2) is 0 Å². The van der Waals surface area contributed by atoms with Crippen LogP contribution in [-0.4, -0.2) is 17.8 Å². The van der Waals surface area contributed by atoms with Crippen molar-refractivity contribution in [3.8, 4) is 11.5 Å². The van der Waals surface area contributed by atoms with Crippen molar-refractivity contribution in [2.45, 2.75) is 45.3 Å². The molecule has 0 bridgehead atoms. The van der Waals surface area contributed by atoms with Gasteiger partial charge in [0.05, 0.1) is 13.2 Å². The molecule has 0 radical (unpaired) electrons. The second kappa shape index (κ2) is 4.81. The zero-order valence-corrected chi connectivity index (χ0v) is 11.6. The van der Waals surface area contributed by atoms with Gasteiger partial charge in [-0.1, -0.05) is 13.8 Å². The summed E-state index contributed by atoms with van der Waals surface area (Å²) >= 11 is 0. The number of rotatable bonds is 3. The highest BCUT2D eigenvalue weighted by Crippen LogP contribution is 2.43. The van der Waals surface area contributed by atoms with Crippen molar-refractivity contribution in [2.75, 3.05) is 7.11 Å². The average molecular weight is 250 g/mol. The van der Waals surface area contributed by atoms with E-state index in [1.54, 1.807) is 7.11 Å². The summed E-state index contributed by atoms with van der Waals surface area (Å²) in [5.41, 5.74) is 0.547. The first-order valence-corrected chi connectivity index (χ1v) is 6.48. The summed E-state index contributed by atoms with van der Waals surface area (Å²) in [5.74, 6) is 2.07. The molecule has 0 fully saturated rings. The molecule has 18 heavy (non-hydrogen) atoms. The molecule has 0 aliphatic carbocycles. The molecule has 0 aromatic heterocycles. The Bertz CT molecular complexity index is 428. The molecular weight excluding hydrogens is 228 g/mol. The number of aliphatic hydroxyl groups excluding tert-OH is 1. The van der Waals surface area contributed by atoms with Crippen LogP contribution in [-0.2, 0) is 0 Å². The fourth-order valence-corrected chi connectivity index (χ4v) is 2.82. The number of hydrogen-bond acceptors (Lipinski definition) is 3. The second-order valence-electron chi connectivity index (χ2n) is 5.77. The molecule has 1 aromatic carbocycles. The monoisotopic (exact) mass is 250 g/mol. The van der Waals surface area contributed by atoms with Gasteiger partial charge in [0, 0.05) is 12.0 Å². The zero-order chi connectivity index (χ0) is 13.3. The Labute approximate surface area is 109 Å². The number of benzene rings is 1. The van der Waals surface area contributed by atoms with Crippen molar-refractivity contribution in [3.63, 3.8) is 0 Å². The first-order valence-electron chi connectivity index (χ1n) is 6.48. The summed E-state index contributed by atoms with van der Waals surface area (Å²) in [6.07, 6.45) is 1.09. The molecule has 0 spiro atoms. The molecule has 1 heterocycles. The van der Waals surface area contributed by atoms with Crippen molar-refractivity contribution in [2.24, 2.45) is 5.92 Å². The lowest BCUT2D eigenvalue weighted by atomic mass is 9.84. The maximum absolute atomic E-state index is 10.3. The minimum atomic E-state index is -0.479. The molecule has 3 nitrogen and oxygen atoms in total. The van der Waals surface area contributed by atoms with Crippen LogP contribution in [0.25, 0.3) is 0 Å². The van der Waals surface area contributed by atoms with Crippen LogP contribution in [0.15, 0.2) is 18.2 Å². The third-order valence-corrected chi connectivity index (χ3v) is 3.40. The molecule has 1 aliphatic rings. The normalized spacial score (nSPS) is 26.7. The van der Waals surface area contributed by atoms with E-state index in [1.807, 2.05) is 18.2 Å². The van der Waals surface area contributed by atoms with Crippen LogP contribution in [0.4, 0.5) is 0 Å². The van der Waals surface area contributed by atoms with Gasteiger partial charge in [-0.3, -0.25) is 0 Å². The summed E-state index contributed by atoms with van der Waals surface area (Å²) in [6, 6.07) is 5.61. The van der Waals surface area contributed by atoms with Gasteiger partial charge in [-0.2, -0.15) is 0 Å². The van der Waals surface area contributed by atoms with Gasteiger partial charge >= 0.3 is 0 Å². The largest absolute Gasteiger partial charge is 0.497 e. The second-order valence-corrected chi connectivity index (χ2v) is 5.77. The summed E-state index contributed by atoms with van der Waals surface area (Å²) in [7, 11) is 1.63. The standard InChI is InChI=1S/C15H22O3/c1-10(2)8-15(3)9-13(16)12-7-11(17-4)5-6-14(12)18-15/h5-7,10,13,16H,8-9H2,1-4H3. The van der Waals surface area contributed by atoms with Crippen LogP contribution in [0.5, 0.6) is 11.5 Å². The van der Waals surface area contributed by atoms with Crippen molar-refractivity contribution < 1.29 is 14.6 Å². The van der Waals surface area contributed by atoms with E-state index in [4.69, 9.17) is 9.47 Å². The van der Waals surface area contributed by atoms with Crippen LogP contribution in [0.3, 0.4) is 0 Å². The first-order chi connectivity index (χ1) is 8.43. The lowest BCUT2D eigenvalue weighted by Crippen LogP contribution is -2.39. The third-order valence-electron chi connectivity index (χ3n) is 3.40. The average Bonchev–Trinajstić information content (AvgIpc) is 2.26. The minimum absolute atomic E-state index is 0.283. The van der Waals surface area contributed by atoms with Crippen LogP contribution >= 0.6 is 0 Å². The molecule has 1 N–H and O–H groups in total. The summed E-state index contributed by atoms with van der Waals surface area (Å²) in [5, 5.41) is 10.3. The van der Waals surface area contributed by atoms with E-state index in [0.29, 0.717) is 12.3 Å². The molecule has 1 aromatic rings. The molecule has 2 rings (SSSR count). The highest BCUT2D eigenvalue weighted by atomic mass is 16.5. The van der Waals surface area contributed by atoms with Gasteiger partial charge < -0.3 is 14.6 Å². The van der Waals surface area contributed by atoms with Crippen molar-refractivity contribution in [1.29, 1.82) is 0 Å². The summed E-state index contributed by atoms with van der Waals surface area (Å²) in [4.78, 5) is 0. The van der Waals surface area contributed by atoms with Crippen LogP contribution in [0.2, 0.25) is 0 Å². The minimum Gasteiger partial charge on any atom is -0.497 e. The zero-order valence-electron chi connectivity index (χ0n) is 11.6. The van der Waals surface area contributed by atoms with Gasteiger partial charge in [0.1, 0.15) is 17.1 Å². The highest BCUT2D eigenvalue weighted by Gasteiger charge is 2.37. The van der Waals surface area contributed by atoms with Crippen molar-refractivity contribution >= 4 is 0 Å². The number of aliphatic hydroxyl groups is 1. The summed E-state index contributed by atoms with van der Waals surface area (Å²) < 4.78 is 11.3. The van der Waals surface area contributed by atoms with Gasteiger partial charge in [-0.05, 0) is 37.5 Å². The van der Waals surface area contributed by atoms with E-state index in [2.05, 4.69) is 20.8 Å². The van der Waals surface area contributed by atoms with Crippen LogP contribution in [0.1, 0.15) is 45.3 Å². The third kappa shape index (κ3) is 2.61. The Balaban J connectivity index is 2.29. The Hall–Kier alpha value is -1.22. The van der Waals surface area contributed by atoms with E-state index < -0.39 is 6.10 Å². The molecule has 0 saturated carbocycles. The number of ether oxygens (including phenoxy) is 2. The number of hydrogen-bond donors (Lipinski definition) is 1. The molecule has 100 valence electrons. The molecular formula is C15H22O3. The van der Waals surface area contributed by atoms with E-state index >= 15 is 0 Å². The smallest absolute Gasteiger partial charge is 0.126 e. The van der Waals surface area contributed by atoms with Gasteiger partial charge in [-0.25, -0.2) is 0 Å². The Kier molecular flexibility index (Phi) is 3.53. The van der Waals surface area contributed by atoms with Gasteiger partial charge in [-0.15, -0.1) is 0 Å². The molecule has 2 atom stereocenters. The molecule has 2 unspecified atom stereocenters. The van der Waals surface area contributed by atoms with Crippen LogP contribution in [0, 0.1) is 5.92 Å². The number of methoxy groups -OCH3 is 1. The van der Waals surface area contributed by atoms with E-state index in [0.717, 1.165) is 23.5 Å². The van der Waals surface area contributed by atoms with Crippen molar-refractivity contribution in [3.05, 3.63) is 23.8 Å². The maximum atomic E-state index is 10.3. The van der Waals surface area contributed by atoms with Crippen LogP contribution < -0.4 is 9.47 Å². The maximum Gasteiger partial charge on any atom is 0.126 e. The lowest BCUT2D eigenvalue weighted by Gasteiger charge is -2.39. The molecule has 0 saturated heterocycles. The van der Waals surface area contributed by atoms with Crippen molar-refractivity contribution in [1.82, 2.24) is 0 Å².